The Morgan fingerprint density at radius 3 is 2.54 bits per heavy atom. The number of pyridine rings is 1. The van der Waals surface area contributed by atoms with Crippen molar-refractivity contribution in [2.75, 3.05) is 42.9 Å². The van der Waals surface area contributed by atoms with Crippen LogP contribution in [0.25, 0.3) is 0 Å². The number of likely N-dealkylation sites (tertiary alicyclic amines) is 1. The third-order valence-corrected chi connectivity index (χ3v) is 9.83. The lowest BCUT2D eigenvalue weighted by Crippen LogP contribution is -2.48. The summed E-state index contributed by atoms with van der Waals surface area (Å²) in [4.78, 5) is 9.83. The van der Waals surface area contributed by atoms with Gasteiger partial charge < -0.3 is 15.1 Å². The van der Waals surface area contributed by atoms with Gasteiger partial charge in [-0.25, -0.2) is 4.98 Å². The third-order valence-electron chi connectivity index (χ3n) is 8.63. The van der Waals surface area contributed by atoms with Crippen LogP contribution in [0.2, 0.25) is 0 Å². The lowest BCUT2D eigenvalue weighted by Gasteiger charge is -2.52. The molecule has 2 aromatic rings. The van der Waals surface area contributed by atoms with Crippen molar-refractivity contribution in [2.24, 2.45) is 11.3 Å². The number of benzene rings is 1. The van der Waals surface area contributed by atoms with Crippen LogP contribution in [0.3, 0.4) is 0 Å². The predicted octanol–water partition coefficient (Wildman–Crippen LogP) is 7.75. The highest BCUT2D eigenvalue weighted by Crippen LogP contribution is 2.54. The van der Waals surface area contributed by atoms with Gasteiger partial charge in [0.1, 0.15) is 5.82 Å². The summed E-state index contributed by atoms with van der Waals surface area (Å²) in [7, 11) is 0. The van der Waals surface area contributed by atoms with E-state index in [1.165, 1.54) is 43.7 Å². The first kappa shape index (κ1) is 26.7. The summed E-state index contributed by atoms with van der Waals surface area (Å²) in [5.74, 6) is 0.825. The molecule has 3 heterocycles. The van der Waals surface area contributed by atoms with E-state index in [0.29, 0.717) is 35.5 Å². The minimum absolute atomic E-state index is 0.227. The summed E-state index contributed by atoms with van der Waals surface area (Å²) >= 11 is 1.97. The van der Waals surface area contributed by atoms with Crippen molar-refractivity contribution in [2.45, 2.75) is 75.6 Å². The van der Waals surface area contributed by atoms with Crippen LogP contribution in [0.15, 0.2) is 35.4 Å². The maximum atomic E-state index is 13.8. The number of halogens is 3. The predicted molar refractivity (Wildman–Crippen MR) is 147 cm³/mol. The Hall–Kier alpha value is -1.93. The van der Waals surface area contributed by atoms with Gasteiger partial charge in [-0.15, -0.1) is 11.8 Å². The molecule has 202 valence electrons. The van der Waals surface area contributed by atoms with E-state index in [9.17, 15) is 13.2 Å². The van der Waals surface area contributed by atoms with Crippen LogP contribution in [0.4, 0.5) is 30.4 Å². The van der Waals surface area contributed by atoms with Gasteiger partial charge in [-0.1, -0.05) is 13.8 Å². The van der Waals surface area contributed by atoms with Gasteiger partial charge in [0, 0.05) is 41.2 Å². The van der Waals surface area contributed by atoms with Gasteiger partial charge in [0.15, 0.2) is 0 Å². The molecule has 1 saturated carbocycles. The zero-order valence-electron chi connectivity index (χ0n) is 22.2. The summed E-state index contributed by atoms with van der Waals surface area (Å²) < 4.78 is 41.3. The number of thioether (sulfide) groups is 1. The Morgan fingerprint density at radius 1 is 1.14 bits per heavy atom. The van der Waals surface area contributed by atoms with Crippen molar-refractivity contribution >= 4 is 29.0 Å². The first-order valence-electron chi connectivity index (χ1n) is 13.7. The number of alkyl halides is 3. The number of piperidine rings is 2. The normalized spacial score (nSPS) is 22.8. The molecule has 1 N–H and O–H groups in total. The van der Waals surface area contributed by atoms with E-state index in [0.717, 1.165) is 36.8 Å². The van der Waals surface area contributed by atoms with E-state index in [4.69, 9.17) is 0 Å². The lowest BCUT2D eigenvalue weighted by molar-refractivity contribution is -0.137. The molecule has 1 aromatic heterocycles. The molecule has 0 radical (unpaired) electrons. The standard InChI is InChI=1S/C29H39F3N4S/c1-4-35-12-9-28(10-13-35)16-23(17-28)37-22-7-8-25(21(3)14-22)34-27-15-26(24(18-33-27)29(30,31)32)36-11-5-6-20(2)19-36/h7-8,14-15,18,20,23H,4-6,9-13,16-17,19H2,1-3H3,(H,33,34). The molecule has 0 bridgehead atoms. The van der Waals surface area contributed by atoms with Crippen LogP contribution in [-0.4, -0.2) is 47.9 Å². The van der Waals surface area contributed by atoms with E-state index < -0.39 is 11.7 Å². The Balaban J connectivity index is 1.24. The average Bonchev–Trinajstić information content (AvgIpc) is 2.84. The second-order valence-corrected chi connectivity index (χ2v) is 12.8. The van der Waals surface area contributed by atoms with Crippen LogP contribution < -0.4 is 10.2 Å². The minimum atomic E-state index is -4.43. The molecule has 4 nitrogen and oxygen atoms in total. The van der Waals surface area contributed by atoms with Crippen LogP contribution in [0, 0.1) is 18.3 Å². The quantitative estimate of drug-likeness (QED) is 0.411. The first-order valence-corrected chi connectivity index (χ1v) is 14.6. The monoisotopic (exact) mass is 532 g/mol. The number of rotatable bonds is 6. The van der Waals surface area contributed by atoms with E-state index in [1.807, 2.05) is 29.7 Å². The molecule has 8 heteroatoms. The third kappa shape index (κ3) is 6.06. The molecule has 2 aliphatic heterocycles. The van der Waals surface area contributed by atoms with Crippen LogP contribution in [-0.2, 0) is 6.18 Å². The Labute approximate surface area is 223 Å². The summed E-state index contributed by atoms with van der Waals surface area (Å²) in [6.45, 7) is 11.3. The van der Waals surface area contributed by atoms with Crippen molar-refractivity contribution in [3.05, 3.63) is 41.6 Å². The molecule has 3 fully saturated rings. The molecule has 0 amide bonds. The highest BCUT2D eigenvalue weighted by molar-refractivity contribution is 8.00. The van der Waals surface area contributed by atoms with Crippen molar-refractivity contribution in [3.63, 3.8) is 0 Å². The molecular weight excluding hydrogens is 493 g/mol. The molecule has 1 aromatic carbocycles. The van der Waals surface area contributed by atoms with E-state index in [2.05, 4.69) is 41.2 Å². The summed E-state index contributed by atoms with van der Waals surface area (Å²) in [6, 6.07) is 7.92. The number of aryl methyl sites for hydroxylation is 1. The molecule has 1 unspecified atom stereocenters. The number of aromatic nitrogens is 1. The fourth-order valence-electron chi connectivity index (χ4n) is 6.32. The van der Waals surface area contributed by atoms with Gasteiger partial charge in [-0.2, -0.15) is 13.2 Å². The Morgan fingerprint density at radius 2 is 1.89 bits per heavy atom. The molecule has 1 atom stereocenters. The molecule has 5 rings (SSSR count). The van der Waals surface area contributed by atoms with Crippen LogP contribution >= 0.6 is 11.8 Å². The van der Waals surface area contributed by atoms with E-state index in [-0.39, 0.29) is 5.69 Å². The summed E-state index contributed by atoms with van der Waals surface area (Å²) in [5.41, 5.74) is 2.09. The highest BCUT2D eigenvalue weighted by atomic mass is 32.2. The van der Waals surface area contributed by atoms with Crippen molar-refractivity contribution < 1.29 is 13.2 Å². The van der Waals surface area contributed by atoms with Gasteiger partial charge in [-0.3, -0.25) is 0 Å². The second-order valence-electron chi connectivity index (χ2n) is 11.5. The van der Waals surface area contributed by atoms with Crippen molar-refractivity contribution in [3.8, 4) is 0 Å². The molecule has 37 heavy (non-hydrogen) atoms. The first-order chi connectivity index (χ1) is 17.6. The number of nitrogens with zero attached hydrogens (tertiary/aromatic N) is 3. The van der Waals surface area contributed by atoms with Gasteiger partial charge in [0.05, 0.1) is 11.3 Å². The van der Waals surface area contributed by atoms with E-state index in [1.54, 1.807) is 6.07 Å². The van der Waals surface area contributed by atoms with E-state index >= 15 is 0 Å². The van der Waals surface area contributed by atoms with Crippen molar-refractivity contribution in [1.29, 1.82) is 0 Å². The molecule has 2 saturated heterocycles. The van der Waals surface area contributed by atoms with Gasteiger partial charge in [-0.05, 0) is 100 Å². The van der Waals surface area contributed by atoms with Gasteiger partial charge >= 0.3 is 6.18 Å². The van der Waals surface area contributed by atoms with Gasteiger partial charge in [0.25, 0.3) is 0 Å². The summed E-state index contributed by atoms with van der Waals surface area (Å²) in [5, 5.41) is 3.97. The molecule has 3 aliphatic rings. The zero-order chi connectivity index (χ0) is 26.2. The fourth-order valence-corrected chi connectivity index (χ4v) is 7.97. The Kier molecular flexibility index (Phi) is 7.70. The van der Waals surface area contributed by atoms with Crippen LogP contribution in [0.1, 0.15) is 63.5 Å². The van der Waals surface area contributed by atoms with Crippen molar-refractivity contribution in [1.82, 2.24) is 9.88 Å². The SMILES string of the molecule is CCN1CCC2(CC1)CC(Sc1ccc(Nc3cc(N4CCCC(C)C4)c(C(F)(F)F)cn3)c(C)c1)C2. The number of anilines is 3. The second kappa shape index (κ2) is 10.7. The molecular formula is C29H39F3N4S. The largest absolute Gasteiger partial charge is 0.419 e. The smallest absolute Gasteiger partial charge is 0.371 e. The topological polar surface area (TPSA) is 31.4 Å². The number of hydrogen-bond donors (Lipinski definition) is 1. The molecule has 1 aliphatic carbocycles. The summed E-state index contributed by atoms with van der Waals surface area (Å²) in [6.07, 6.45) is 3.79. The zero-order valence-corrected chi connectivity index (χ0v) is 23.0. The number of nitrogens with one attached hydrogen (secondary N) is 1. The maximum absolute atomic E-state index is 13.8. The number of hydrogen-bond acceptors (Lipinski definition) is 5. The highest BCUT2D eigenvalue weighted by Gasteiger charge is 2.45. The van der Waals surface area contributed by atoms with Crippen LogP contribution in [0.5, 0.6) is 0 Å². The minimum Gasteiger partial charge on any atom is -0.371 e. The fraction of sp³-hybridized carbons (Fsp3) is 0.621. The average molecular weight is 533 g/mol. The maximum Gasteiger partial charge on any atom is 0.419 e. The molecule has 1 spiro atoms. The Bertz CT molecular complexity index is 1090. The van der Waals surface area contributed by atoms with Gasteiger partial charge in [0.2, 0.25) is 0 Å². The lowest BCUT2D eigenvalue weighted by atomic mass is 9.63.